The van der Waals surface area contributed by atoms with Gasteiger partial charge in [0.15, 0.2) is 0 Å². The number of hydrogen-bond acceptors (Lipinski definition) is 3. The van der Waals surface area contributed by atoms with Crippen LogP contribution >= 0.6 is 0 Å². The summed E-state index contributed by atoms with van der Waals surface area (Å²) in [6.45, 7) is 2.06. The van der Waals surface area contributed by atoms with Crippen molar-refractivity contribution in [1.29, 1.82) is 0 Å². The molecule has 0 fully saturated rings. The average molecular weight is 270 g/mol. The summed E-state index contributed by atoms with van der Waals surface area (Å²) in [5.74, 6) is 1.44. The van der Waals surface area contributed by atoms with Crippen LogP contribution in [0.3, 0.4) is 0 Å². The Bertz CT molecular complexity index is 604. The van der Waals surface area contributed by atoms with Gasteiger partial charge in [-0.05, 0) is 24.6 Å². The van der Waals surface area contributed by atoms with Crippen LogP contribution in [0.15, 0.2) is 42.5 Å². The van der Waals surface area contributed by atoms with Crippen molar-refractivity contribution in [3.8, 4) is 11.5 Å². The first-order chi connectivity index (χ1) is 9.67. The second-order valence-electron chi connectivity index (χ2n) is 5.17. The summed E-state index contributed by atoms with van der Waals surface area (Å²) in [6.07, 6.45) is -0.0521. The van der Waals surface area contributed by atoms with E-state index in [9.17, 15) is 5.11 Å². The van der Waals surface area contributed by atoms with Crippen LogP contribution in [0.4, 0.5) is 0 Å². The highest BCUT2D eigenvalue weighted by molar-refractivity contribution is 5.44. The van der Waals surface area contributed by atoms with Gasteiger partial charge < -0.3 is 14.6 Å². The lowest BCUT2D eigenvalue weighted by Gasteiger charge is -2.30. The Hall–Kier alpha value is -2.00. The van der Waals surface area contributed by atoms with Gasteiger partial charge in [-0.15, -0.1) is 0 Å². The summed E-state index contributed by atoms with van der Waals surface area (Å²) in [5, 5.41) is 10.3. The molecule has 2 atom stereocenters. The molecule has 0 saturated carbocycles. The monoisotopic (exact) mass is 270 g/mol. The maximum atomic E-state index is 10.3. The van der Waals surface area contributed by atoms with Crippen LogP contribution in [0.1, 0.15) is 35.3 Å². The first-order valence-corrected chi connectivity index (χ1v) is 6.76. The highest BCUT2D eigenvalue weighted by atomic mass is 16.5. The zero-order valence-electron chi connectivity index (χ0n) is 11.7. The molecule has 1 aliphatic heterocycles. The molecule has 0 aromatic heterocycles. The highest BCUT2D eigenvalue weighted by Gasteiger charge is 2.28. The summed E-state index contributed by atoms with van der Waals surface area (Å²) in [7, 11) is 1.62. The molecule has 0 aliphatic carbocycles. The van der Waals surface area contributed by atoms with Gasteiger partial charge in [-0.3, -0.25) is 0 Å². The third kappa shape index (κ3) is 2.37. The highest BCUT2D eigenvalue weighted by Crippen LogP contribution is 2.42. The van der Waals surface area contributed by atoms with Crippen molar-refractivity contribution >= 4 is 0 Å². The molecule has 1 N–H and O–H groups in total. The molecule has 0 amide bonds. The van der Waals surface area contributed by atoms with E-state index in [0.717, 1.165) is 16.9 Å². The minimum atomic E-state index is -0.504. The first-order valence-electron chi connectivity index (χ1n) is 6.76. The van der Waals surface area contributed by atoms with Gasteiger partial charge >= 0.3 is 0 Å². The maximum Gasteiger partial charge on any atom is 0.129 e. The van der Waals surface area contributed by atoms with E-state index in [-0.39, 0.29) is 6.10 Å². The topological polar surface area (TPSA) is 38.7 Å². The van der Waals surface area contributed by atoms with E-state index in [4.69, 9.17) is 9.47 Å². The largest absolute Gasteiger partial charge is 0.497 e. The van der Waals surface area contributed by atoms with Crippen LogP contribution in [-0.2, 0) is 0 Å². The molecule has 2 aromatic rings. The maximum absolute atomic E-state index is 10.3. The van der Waals surface area contributed by atoms with E-state index in [0.29, 0.717) is 12.2 Å². The average Bonchev–Trinajstić information content (AvgIpc) is 2.47. The second-order valence-corrected chi connectivity index (χ2v) is 5.17. The smallest absolute Gasteiger partial charge is 0.129 e. The Morgan fingerprint density at radius 3 is 2.60 bits per heavy atom. The number of ether oxygens (including phenoxy) is 2. The molecular formula is C17H18O3. The van der Waals surface area contributed by atoms with Gasteiger partial charge in [0.2, 0.25) is 0 Å². The standard InChI is InChI=1S/C17H18O3/c1-11-3-5-12(6-4-11)16-10-15(18)14-8-7-13(19-2)9-17(14)20-16/h3-9,15-16,18H,10H2,1-2H3/t15-,16?/m0/s1. The van der Waals surface area contributed by atoms with Crippen molar-refractivity contribution in [2.75, 3.05) is 7.11 Å². The van der Waals surface area contributed by atoms with Gasteiger partial charge in [0, 0.05) is 18.1 Å². The van der Waals surface area contributed by atoms with Crippen LogP contribution in [0.25, 0.3) is 0 Å². The Balaban J connectivity index is 1.92. The van der Waals surface area contributed by atoms with Gasteiger partial charge in [0.1, 0.15) is 17.6 Å². The van der Waals surface area contributed by atoms with Crippen molar-refractivity contribution in [2.24, 2.45) is 0 Å². The third-order valence-electron chi connectivity index (χ3n) is 3.74. The summed E-state index contributed by atoms with van der Waals surface area (Å²) in [6, 6.07) is 13.8. The molecule has 0 spiro atoms. The Labute approximate surface area is 118 Å². The van der Waals surface area contributed by atoms with Crippen LogP contribution in [0.5, 0.6) is 11.5 Å². The van der Waals surface area contributed by atoms with Crippen molar-refractivity contribution in [1.82, 2.24) is 0 Å². The number of benzene rings is 2. The molecule has 3 rings (SSSR count). The predicted octanol–water partition coefficient (Wildman–Crippen LogP) is 3.56. The van der Waals surface area contributed by atoms with E-state index < -0.39 is 6.10 Å². The van der Waals surface area contributed by atoms with Gasteiger partial charge in [0.05, 0.1) is 13.2 Å². The summed E-state index contributed by atoms with van der Waals surface area (Å²) >= 11 is 0. The Morgan fingerprint density at radius 1 is 1.15 bits per heavy atom. The van der Waals surface area contributed by atoms with E-state index in [1.165, 1.54) is 5.56 Å². The van der Waals surface area contributed by atoms with Gasteiger partial charge in [0.25, 0.3) is 0 Å². The number of aryl methyl sites for hydroxylation is 1. The number of aliphatic hydroxyl groups is 1. The van der Waals surface area contributed by atoms with Crippen LogP contribution in [-0.4, -0.2) is 12.2 Å². The molecule has 0 saturated heterocycles. The fraction of sp³-hybridized carbons (Fsp3) is 0.294. The summed E-state index contributed by atoms with van der Waals surface area (Å²) in [4.78, 5) is 0. The van der Waals surface area contributed by atoms with Crippen LogP contribution < -0.4 is 9.47 Å². The first kappa shape index (κ1) is 13.0. The lowest BCUT2D eigenvalue weighted by molar-refractivity contribution is 0.0655. The molecule has 1 aliphatic rings. The van der Waals surface area contributed by atoms with Crippen molar-refractivity contribution in [3.05, 3.63) is 59.2 Å². The van der Waals surface area contributed by atoms with Crippen molar-refractivity contribution < 1.29 is 14.6 Å². The molecule has 1 unspecified atom stereocenters. The quantitative estimate of drug-likeness (QED) is 0.906. The number of hydrogen-bond donors (Lipinski definition) is 1. The zero-order chi connectivity index (χ0) is 14.1. The summed E-state index contributed by atoms with van der Waals surface area (Å²) in [5.41, 5.74) is 3.13. The lowest BCUT2D eigenvalue weighted by Crippen LogP contribution is -2.19. The Morgan fingerprint density at radius 2 is 1.90 bits per heavy atom. The normalized spacial score (nSPS) is 20.9. The SMILES string of the molecule is COc1ccc2c(c1)OC(c1ccc(C)cc1)C[C@@H]2O. The van der Waals surface area contributed by atoms with Gasteiger partial charge in [-0.1, -0.05) is 29.8 Å². The van der Waals surface area contributed by atoms with Crippen LogP contribution in [0.2, 0.25) is 0 Å². The zero-order valence-corrected chi connectivity index (χ0v) is 11.7. The molecule has 2 aromatic carbocycles. The molecule has 0 radical (unpaired) electrons. The number of fused-ring (bicyclic) bond motifs is 1. The number of methoxy groups -OCH3 is 1. The van der Waals surface area contributed by atoms with Crippen molar-refractivity contribution in [3.63, 3.8) is 0 Å². The lowest BCUT2D eigenvalue weighted by atomic mass is 9.94. The molecule has 104 valence electrons. The minimum Gasteiger partial charge on any atom is -0.497 e. The fourth-order valence-corrected chi connectivity index (χ4v) is 2.54. The van der Waals surface area contributed by atoms with E-state index in [2.05, 4.69) is 31.2 Å². The number of rotatable bonds is 2. The third-order valence-corrected chi connectivity index (χ3v) is 3.74. The van der Waals surface area contributed by atoms with E-state index in [1.54, 1.807) is 7.11 Å². The van der Waals surface area contributed by atoms with Crippen molar-refractivity contribution in [2.45, 2.75) is 25.6 Å². The molecule has 0 bridgehead atoms. The fourth-order valence-electron chi connectivity index (χ4n) is 2.54. The number of aliphatic hydroxyl groups excluding tert-OH is 1. The molecular weight excluding hydrogens is 252 g/mol. The summed E-state index contributed by atoms with van der Waals surface area (Å²) < 4.78 is 11.2. The van der Waals surface area contributed by atoms with E-state index in [1.807, 2.05) is 18.2 Å². The molecule has 1 heterocycles. The second kappa shape index (κ2) is 5.17. The van der Waals surface area contributed by atoms with E-state index >= 15 is 0 Å². The molecule has 3 nitrogen and oxygen atoms in total. The predicted molar refractivity (Wildman–Crippen MR) is 77.1 cm³/mol. The minimum absolute atomic E-state index is 0.120. The molecule has 20 heavy (non-hydrogen) atoms. The van der Waals surface area contributed by atoms with Gasteiger partial charge in [-0.25, -0.2) is 0 Å². The van der Waals surface area contributed by atoms with Gasteiger partial charge in [-0.2, -0.15) is 0 Å². The molecule has 3 heteroatoms. The van der Waals surface area contributed by atoms with Crippen LogP contribution in [0, 0.1) is 6.92 Å². The Kier molecular flexibility index (Phi) is 3.36.